The molecule has 0 aromatic heterocycles. The molecule has 0 aromatic carbocycles. The van der Waals surface area contributed by atoms with Gasteiger partial charge in [0.15, 0.2) is 0 Å². The van der Waals surface area contributed by atoms with E-state index in [0.717, 1.165) is 31.8 Å². The molecule has 0 spiro atoms. The predicted molar refractivity (Wildman–Crippen MR) is 52.7 cm³/mol. The summed E-state index contributed by atoms with van der Waals surface area (Å²) in [6.45, 7) is 6.99. The van der Waals surface area contributed by atoms with E-state index in [9.17, 15) is 0 Å². The minimum atomic E-state index is 0.595. The lowest BCUT2D eigenvalue weighted by Gasteiger charge is -2.08. The predicted octanol–water partition coefficient (Wildman–Crippen LogP) is 1.53. The highest BCUT2D eigenvalue weighted by Gasteiger charge is 2.15. The molecule has 0 bridgehead atoms. The summed E-state index contributed by atoms with van der Waals surface area (Å²) in [6.07, 6.45) is 1.13. The quantitative estimate of drug-likeness (QED) is 0.521. The Balaban J connectivity index is 1.97. The number of thiol groups is 1. The summed E-state index contributed by atoms with van der Waals surface area (Å²) in [4.78, 5) is 0. The molecule has 1 aliphatic heterocycles. The average molecular weight is 188 g/mol. The van der Waals surface area contributed by atoms with E-state index >= 15 is 0 Å². The summed E-state index contributed by atoms with van der Waals surface area (Å²) in [5.41, 5.74) is 1.04. The molecule has 1 unspecified atom stereocenters. The summed E-state index contributed by atoms with van der Waals surface area (Å²) >= 11 is 4.09. The van der Waals surface area contributed by atoms with Crippen molar-refractivity contribution in [3.8, 4) is 0 Å². The zero-order valence-electron chi connectivity index (χ0n) is 7.29. The van der Waals surface area contributed by atoms with E-state index in [2.05, 4.69) is 19.2 Å². The van der Waals surface area contributed by atoms with Gasteiger partial charge >= 0.3 is 0 Å². The Kier molecular flexibility index (Phi) is 4.73. The van der Waals surface area contributed by atoms with Crippen molar-refractivity contribution in [1.29, 1.82) is 0 Å². The molecule has 2 nitrogen and oxygen atoms in total. The smallest absolute Gasteiger partial charge is 0.0682 e. The first kappa shape index (κ1) is 10.1. The van der Waals surface area contributed by atoms with E-state index in [0.29, 0.717) is 18.3 Å². The Morgan fingerprint density at radius 3 is 3.08 bits per heavy atom. The van der Waals surface area contributed by atoms with Crippen LogP contribution in [0.3, 0.4) is 0 Å². The first-order valence-corrected chi connectivity index (χ1v) is 4.89. The van der Waals surface area contributed by atoms with Crippen LogP contribution in [-0.4, -0.2) is 32.2 Å². The van der Waals surface area contributed by atoms with Gasteiger partial charge in [0.05, 0.1) is 19.8 Å². The van der Waals surface area contributed by atoms with E-state index in [4.69, 9.17) is 9.47 Å². The van der Waals surface area contributed by atoms with Crippen LogP contribution in [0.25, 0.3) is 0 Å². The third kappa shape index (κ3) is 3.61. The maximum Gasteiger partial charge on any atom is 0.0682 e. The Morgan fingerprint density at radius 1 is 1.67 bits per heavy atom. The normalized spacial score (nSPS) is 22.9. The van der Waals surface area contributed by atoms with Gasteiger partial charge in [-0.3, -0.25) is 0 Å². The van der Waals surface area contributed by atoms with Crippen LogP contribution in [-0.2, 0) is 9.47 Å². The minimum Gasteiger partial charge on any atom is -0.381 e. The second kappa shape index (κ2) is 5.62. The molecule has 1 rings (SSSR count). The maximum absolute atomic E-state index is 5.44. The van der Waals surface area contributed by atoms with Crippen molar-refractivity contribution in [2.75, 3.05) is 32.2 Å². The monoisotopic (exact) mass is 188 g/mol. The van der Waals surface area contributed by atoms with E-state index in [1.165, 1.54) is 0 Å². The standard InChI is InChI=1S/C9H16O2S/c1-8(7-12)4-11-6-9-2-3-10-5-9/h9,12H,1-7H2. The minimum absolute atomic E-state index is 0.595. The number of rotatable bonds is 5. The second-order valence-electron chi connectivity index (χ2n) is 3.15. The van der Waals surface area contributed by atoms with Gasteiger partial charge in [0, 0.05) is 18.3 Å². The van der Waals surface area contributed by atoms with E-state index in [1.807, 2.05) is 0 Å². The summed E-state index contributed by atoms with van der Waals surface area (Å²) in [7, 11) is 0. The van der Waals surface area contributed by atoms with Gasteiger partial charge in [-0.2, -0.15) is 12.6 Å². The van der Waals surface area contributed by atoms with Crippen molar-refractivity contribution in [3.63, 3.8) is 0 Å². The largest absolute Gasteiger partial charge is 0.381 e. The number of ether oxygens (including phenoxy) is 2. The lowest BCUT2D eigenvalue weighted by molar-refractivity contribution is 0.105. The molecule has 0 amide bonds. The first-order chi connectivity index (χ1) is 5.83. The zero-order valence-corrected chi connectivity index (χ0v) is 8.19. The van der Waals surface area contributed by atoms with Crippen molar-refractivity contribution in [2.45, 2.75) is 6.42 Å². The molecular formula is C9H16O2S. The van der Waals surface area contributed by atoms with Gasteiger partial charge in [0.2, 0.25) is 0 Å². The van der Waals surface area contributed by atoms with Gasteiger partial charge < -0.3 is 9.47 Å². The molecular weight excluding hydrogens is 172 g/mol. The highest BCUT2D eigenvalue weighted by molar-refractivity contribution is 7.80. The number of hydrogen-bond acceptors (Lipinski definition) is 3. The topological polar surface area (TPSA) is 18.5 Å². The van der Waals surface area contributed by atoms with Crippen LogP contribution >= 0.6 is 12.6 Å². The molecule has 12 heavy (non-hydrogen) atoms. The fourth-order valence-corrected chi connectivity index (χ4v) is 1.22. The van der Waals surface area contributed by atoms with Crippen LogP contribution in [0.15, 0.2) is 12.2 Å². The molecule has 0 aromatic rings. The Hall–Kier alpha value is 0.01000. The fraction of sp³-hybridized carbons (Fsp3) is 0.778. The lowest BCUT2D eigenvalue weighted by atomic mass is 10.1. The highest BCUT2D eigenvalue weighted by atomic mass is 32.1. The first-order valence-electron chi connectivity index (χ1n) is 4.26. The SMILES string of the molecule is C=C(CS)COCC1CCOC1. The van der Waals surface area contributed by atoms with Crippen LogP contribution in [0.4, 0.5) is 0 Å². The van der Waals surface area contributed by atoms with Crippen molar-refractivity contribution in [1.82, 2.24) is 0 Å². The molecule has 70 valence electrons. The maximum atomic E-state index is 5.44. The van der Waals surface area contributed by atoms with Gasteiger partial charge in [0.1, 0.15) is 0 Å². The summed E-state index contributed by atoms with van der Waals surface area (Å²) < 4.78 is 10.7. The van der Waals surface area contributed by atoms with Crippen LogP contribution in [0.1, 0.15) is 6.42 Å². The van der Waals surface area contributed by atoms with Crippen LogP contribution in [0, 0.1) is 5.92 Å². The number of hydrogen-bond donors (Lipinski definition) is 1. The Morgan fingerprint density at radius 2 is 2.50 bits per heavy atom. The van der Waals surface area contributed by atoms with Crippen molar-refractivity contribution in [3.05, 3.63) is 12.2 Å². The second-order valence-corrected chi connectivity index (χ2v) is 3.47. The fourth-order valence-electron chi connectivity index (χ4n) is 1.13. The van der Waals surface area contributed by atoms with E-state index < -0.39 is 0 Å². The molecule has 0 aliphatic carbocycles. The molecule has 1 saturated heterocycles. The molecule has 3 heteroatoms. The average Bonchev–Trinajstić information content (AvgIpc) is 2.57. The molecule has 0 saturated carbocycles. The third-order valence-electron chi connectivity index (χ3n) is 1.91. The van der Waals surface area contributed by atoms with Crippen molar-refractivity contribution >= 4 is 12.6 Å². The summed E-state index contributed by atoms with van der Waals surface area (Å²) in [6, 6.07) is 0. The molecule has 0 N–H and O–H groups in total. The lowest BCUT2D eigenvalue weighted by Crippen LogP contribution is -2.10. The highest BCUT2D eigenvalue weighted by Crippen LogP contribution is 2.12. The van der Waals surface area contributed by atoms with Gasteiger partial charge in [0.25, 0.3) is 0 Å². The summed E-state index contributed by atoms with van der Waals surface area (Å²) in [5, 5.41) is 0. The van der Waals surface area contributed by atoms with Crippen LogP contribution in [0.2, 0.25) is 0 Å². The molecule has 1 aliphatic rings. The van der Waals surface area contributed by atoms with E-state index in [1.54, 1.807) is 0 Å². The van der Waals surface area contributed by atoms with Crippen LogP contribution in [0.5, 0.6) is 0 Å². The molecule has 0 radical (unpaired) electrons. The molecule has 1 atom stereocenters. The summed E-state index contributed by atoms with van der Waals surface area (Å²) in [5.74, 6) is 1.30. The van der Waals surface area contributed by atoms with Crippen molar-refractivity contribution < 1.29 is 9.47 Å². The van der Waals surface area contributed by atoms with Gasteiger partial charge in [-0.1, -0.05) is 6.58 Å². The molecule has 1 fully saturated rings. The van der Waals surface area contributed by atoms with Crippen LogP contribution < -0.4 is 0 Å². The van der Waals surface area contributed by atoms with Gasteiger partial charge in [-0.15, -0.1) is 0 Å². The van der Waals surface area contributed by atoms with Gasteiger partial charge in [-0.25, -0.2) is 0 Å². The Labute approximate surface area is 79.3 Å². The Bertz CT molecular complexity index is 141. The third-order valence-corrected chi connectivity index (χ3v) is 2.35. The van der Waals surface area contributed by atoms with Gasteiger partial charge in [-0.05, 0) is 12.0 Å². The van der Waals surface area contributed by atoms with Crippen molar-refractivity contribution in [2.24, 2.45) is 5.92 Å². The van der Waals surface area contributed by atoms with E-state index in [-0.39, 0.29) is 0 Å². The zero-order chi connectivity index (χ0) is 8.81. The molecule has 1 heterocycles.